The predicted octanol–water partition coefficient (Wildman–Crippen LogP) is -0.745. The molecule has 0 aliphatic rings. The first-order valence-corrected chi connectivity index (χ1v) is 8.02. The van der Waals surface area contributed by atoms with Gasteiger partial charge in [-0.25, -0.2) is 4.98 Å². The van der Waals surface area contributed by atoms with E-state index >= 15 is 0 Å². The fraction of sp³-hybridized carbons (Fsp3) is 0.294. The molecule has 26 heavy (non-hydrogen) atoms. The number of amides is 2. The molecule has 1 atom stereocenters. The smallest absolute Gasteiger partial charge is 0.325 e. The van der Waals surface area contributed by atoms with Gasteiger partial charge in [0, 0.05) is 12.6 Å². The van der Waals surface area contributed by atoms with E-state index in [4.69, 9.17) is 10.5 Å². The van der Waals surface area contributed by atoms with Gasteiger partial charge >= 0.3 is 5.97 Å². The number of ether oxygens (including phenoxy) is 1. The summed E-state index contributed by atoms with van der Waals surface area (Å²) in [5.41, 5.74) is 7.24. The first-order chi connectivity index (χ1) is 12.5. The molecule has 5 N–H and O–H groups in total. The quantitative estimate of drug-likeness (QED) is 0.435. The largest absolute Gasteiger partial charge is 0.460 e. The van der Waals surface area contributed by atoms with Crippen LogP contribution >= 0.6 is 0 Å². The number of nitrogens with zero attached hydrogens (tertiary/aromatic N) is 1. The molecule has 0 saturated heterocycles. The number of nitrogens with one attached hydrogen (secondary N) is 3. The zero-order chi connectivity index (χ0) is 18.8. The van der Waals surface area contributed by atoms with Crippen molar-refractivity contribution in [2.24, 2.45) is 5.73 Å². The third-order valence-corrected chi connectivity index (χ3v) is 3.42. The molecule has 1 aromatic heterocycles. The summed E-state index contributed by atoms with van der Waals surface area (Å²) < 4.78 is 5.03. The number of aromatic amines is 1. The maximum absolute atomic E-state index is 11.8. The van der Waals surface area contributed by atoms with Crippen LogP contribution in [0.4, 0.5) is 0 Å². The van der Waals surface area contributed by atoms with Crippen LogP contribution in [-0.4, -0.2) is 46.9 Å². The van der Waals surface area contributed by atoms with Crippen LogP contribution in [0.3, 0.4) is 0 Å². The lowest BCUT2D eigenvalue weighted by Gasteiger charge is -2.11. The molecule has 0 aliphatic carbocycles. The zero-order valence-electron chi connectivity index (χ0n) is 14.1. The summed E-state index contributed by atoms with van der Waals surface area (Å²) in [5.74, 6) is -1.56. The Hall–Kier alpha value is -3.20. The molecule has 1 heterocycles. The van der Waals surface area contributed by atoms with Crippen molar-refractivity contribution in [3.8, 4) is 0 Å². The number of carbonyl (C=O) groups is 3. The summed E-state index contributed by atoms with van der Waals surface area (Å²) in [6, 6.07) is 8.37. The van der Waals surface area contributed by atoms with Crippen molar-refractivity contribution < 1.29 is 19.1 Å². The number of hydrogen-bond acceptors (Lipinski definition) is 6. The van der Waals surface area contributed by atoms with Crippen molar-refractivity contribution in [1.82, 2.24) is 20.6 Å². The second-order valence-electron chi connectivity index (χ2n) is 5.51. The number of aromatic nitrogens is 2. The molecule has 2 aromatic rings. The van der Waals surface area contributed by atoms with Crippen LogP contribution in [0.5, 0.6) is 0 Å². The molecule has 1 aromatic carbocycles. The van der Waals surface area contributed by atoms with Crippen molar-refractivity contribution in [3.05, 3.63) is 54.1 Å². The van der Waals surface area contributed by atoms with Crippen molar-refractivity contribution >= 4 is 17.8 Å². The summed E-state index contributed by atoms with van der Waals surface area (Å²) >= 11 is 0. The van der Waals surface area contributed by atoms with Crippen molar-refractivity contribution in [3.63, 3.8) is 0 Å². The van der Waals surface area contributed by atoms with Crippen LogP contribution in [0.2, 0.25) is 0 Å². The fourth-order valence-corrected chi connectivity index (χ4v) is 2.04. The molecular formula is C17H21N5O4. The molecule has 0 spiro atoms. The van der Waals surface area contributed by atoms with Crippen LogP contribution < -0.4 is 16.4 Å². The first-order valence-electron chi connectivity index (χ1n) is 8.02. The van der Waals surface area contributed by atoms with Gasteiger partial charge in [-0.15, -0.1) is 0 Å². The van der Waals surface area contributed by atoms with Gasteiger partial charge in [0.2, 0.25) is 11.8 Å². The van der Waals surface area contributed by atoms with Crippen LogP contribution in [0.1, 0.15) is 11.3 Å². The second-order valence-corrected chi connectivity index (χ2v) is 5.51. The first kappa shape index (κ1) is 19.1. The van der Waals surface area contributed by atoms with E-state index in [1.165, 1.54) is 6.33 Å². The molecule has 9 nitrogen and oxygen atoms in total. The van der Waals surface area contributed by atoms with Gasteiger partial charge < -0.3 is 26.1 Å². The standard InChI is InChI=1S/C17H21N5O4/c18-14(6-13-7-19-11-22-13)17(25)21-8-15(23)20-9-16(24)26-10-12-4-2-1-3-5-12/h1-5,7,11,14H,6,8-10,18H2,(H,19,22)(H,20,23)(H,21,25)/t14-/m0/s1. The highest BCUT2D eigenvalue weighted by Gasteiger charge is 2.16. The Morgan fingerprint density at radius 3 is 2.62 bits per heavy atom. The minimum atomic E-state index is -0.818. The van der Waals surface area contributed by atoms with Gasteiger partial charge in [0.15, 0.2) is 0 Å². The molecule has 2 amide bonds. The molecule has 0 aliphatic heterocycles. The highest BCUT2D eigenvalue weighted by Crippen LogP contribution is 2.00. The number of hydrogen-bond donors (Lipinski definition) is 4. The van der Waals surface area contributed by atoms with Crippen LogP contribution in [0.25, 0.3) is 0 Å². The van der Waals surface area contributed by atoms with Crippen molar-refractivity contribution in [2.45, 2.75) is 19.1 Å². The number of H-pyrrole nitrogens is 1. The Morgan fingerprint density at radius 1 is 1.15 bits per heavy atom. The Labute approximate surface area is 150 Å². The van der Waals surface area contributed by atoms with Crippen LogP contribution in [0.15, 0.2) is 42.9 Å². The van der Waals surface area contributed by atoms with Gasteiger partial charge in [0.05, 0.1) is 24.6 Å². The number of nitrogens with two attached hydrogens (primary N) is 1. The van der Waals surface area contributed by atoms with Gasteiger partial charge in [-0.1, -0.05) is 30.3 Å². The summed E-state index contributed by atoms with van der Waals surface area (Å²) in [4.78, 5) is 41.8. The van der Waals surface area contributed by atoms with Crippen molar-refractivity contribution in [2.75, 3.05) is 13.1 Å². The Balaban J connectivity index is 1.60. The molecular weight excluding hydrogens is 338 g/mol. The van der Waals surface area contributed by atoms with E-state index in [9.17, 15) is 14.4 Å². The van der Waals surface area contributed by atoms with E-state index in [0.29, 0.717) is 5.69 Å². The molecule has 0 bridgehead atoms. The average molecular weight is 359 g/mol. The van der Waals surface area contributed by atoms with Gasteiger partial charge in [-0.2, -0.15) is 0 Å². The lowest BCUT2D eigenvalue weighted by molar-refractivity contribution is -0.145. The molecule has 2 rings (SSSR count). The predicted molar refractivity (Wildman–Crippen MR) is 92.5 cm³/mol. The highest BCUT2D eigenvalue weighted by molar-refractivity contribution is 5.88. The highest BCUT2D eigenvalue weighted by atomic mass is 16.5. The number of benzene rings is 1. The third kappa shape index (κ3) is 6.73. The maximum atomic E-state index is 11.8. The lowest BCUT2D eigenvalue weighted by atomic mass is 10.1. The topological polar surface area (TPSA) is 139 Å². The Bertz CT molecular complexity index is 718. The lowest BCUT2D eigenvalue weighted by Crippen LogP contribution is -2.46. The number of carbonyl (C=O) groups excluding carboxylic acids is 3. The fourth-order valence-electron chi connectivity index (χ4n) is 2.04. The molecule has 138 valence electrons. The molecule has 0 saturated carbocycles. The summed E-state index contributed by atoms with van der Waals surface area (Å²) in [6.45, 7) is -0.422. The van der Waals surface area contributed by atoms with Gasteiger partial charge in [-0.05, 0) is 5.56 Å². The van der Waals surface area contributed by atoms with Crippen LogP contribution in [0, 0.1) is 0 Å². The summed E-state index contributed by atoms with van der Waals surface area (Å²) in [6.07, 6.45) is 3.38. The molecule has 0 fully saturated rings. The van der Waals surface area contributed by atoms with E-state index < -0.39 is 23.8 Å². The number of esters is 1. The summed E-state index contributed by atoms with van der Waals surface area (Å²) in [7, 11) is 0. The van der Waals surface area contributed by atoms with E-state index in [1.54, 1.807) is 6.20 Å². The van der Waals surface area contributed by atoms with Gasteiger partial charge in [-0.3, -0.25) is 14.4 Å². The average Bonchev–Trinajstić information content (AvgIpc) is 3.16. The Morgan fingerprint density at radius 2 is 1.92 bits per heavy atom. The second kappa shape index (κ2) is 9.94. The zero-order valence-corrected chi connectivity index (χ0v) is 14.1. The van der Waals surface area contributed by atoms with Gasteiger partial charge in [0.25, 0.3) is 0 Å². The van der Waals surface area contributed by atoms with Gasteiger partial charge in [0.1, 0.15) is 13.2 Å². The van der Waals surface area contributed by atoms with E-state index in [-0.39, 0.29) is 26.1 Å². The third-order valence-electron chi connectivity index (χ3n) is 3.42. The number of imidazole rings is 1. The van der Waals surface area contributed by atoms with E-state index in [2.05, 4.69) is 20.6 Å². The molecule has 0 unspecified atom stereocenters. The van der Waals surface area contributed by atoms with Crippen molar-refractivity contribution in [1.29, 1.82) is 0 Å². The minimum Gasteiger partial charge on any atom is -0.460 e. The minimum absolute atomic E-state index is 0.133. The maximum Gasteiger partial charge on any atom is 0.325 e. The van der Waals surface area contributed by atoms with Crippen LogP contribution in [-0.2, 0) is 32.1 Å². The normalized spacial score (nSPS) is 11.4. The Kier molecular flexibility index (Phi) is 7.31. The van der Waals surface area contributed by atoms with E-state index in [0.717, 1.165) is 5.56 Å². The molecule has 9 heteroatoms. The molecule has 0 radical (unpaired) electrons. The summed E-state index contributed by atoms with van der Waals surface area (Å²) in [5, 5.41) is 4.78. The van der Waals surface area contributed by atoms with E-state index in [1.807, 2.05) is 30.3 Å². The number of rotatable bonds is 9. The monoisotopic (exact) mass is 359 g/mol. The SMILES string of the molecule is N[C@@H](Cc1c[nH]cn1)C(=O)NCC(=O)NCC(=O)OCc1ccccc1.